The van der Waals surface area contributed by atoms with E-state index in [9.17, 15) is 8.42 Å². The van der Waals surface area contributed by atoms with Crippen molar-refractivity contribution in [1.82, 2.24) is 4.98 Å². The second-order valence-electron chi connectivity index (χ2n) is 2.53. The van der Waals surface area contributed by atoms with Crippen LogP contribution in [0.3, 0.4) is 0 Å². The summed E-state index contributed by atoms with van der Waals surface area (Å²) in [6.07, 6.45) is 0.948. The van der Waals surface area contributed by atoms with Gasteiger partial charge in [0.15, 0.2) is 10.9 Å². The van der Waals surface area contributed by atoms with E-state index in [1.54, 1.807) is 13.0 Å². The molecule has 0 aliphatic carbocycles. The molecule has 0 spiro atoms. The molecule has 1 aromatic rings. The first-order valence-electron chi connectivity index (χ1n) is 3.41. The summed E-state index contributed by atoms with van der Waals surface area (Å²) < 4.78 is 26.0. The Labute approximate surface area is 81.6 Å². The molecule has 0 radical (unpaired) electrons. The van der Waals surface area contributed by atoms with Gasteiger partial charge in [0, 0.05) is 5.69 Å². The summed E-state index contributed by atoms with van der Waals surface area (Å²) in [6, 6.07) is 3.08. The van der Waals surface area contributed by atoms with Crippen LogP contribution >= 0.6 is 11.6 Å². The van der Waals surface area contributed by atoms with Gasteiger partial charge in [0.2, 0.25) is 0 Å². The monoisotopic (exact) mass is 221 g/mol. The number of aryl methyl sites for hydroxylation is 1. The molecule has 6 heteroatoms. The average molecular weight is 222 g/mol. The third kappa shape index (κ3) is 3.20. The maximum absolute atomic E-state index is 10.7. The lowest BCUT2D eigenvalue weighted by Gasteiger charge is -2.03. The van der Waals surface area contributed by atoms with E-state index >= 15 is 0 Å². The van der Waals surface area contributed by atoms with Crippen molar-refractivity contribution < 1.29 is 12.6 Å². The molecular weight excluding hydrogens is 214 g/mol. The molecule has 4 nitrogen and oxygen atoms in total. The quantitative estimate of drug-likeness (QED) is 0.559. The average Bonchev–Trinajstić information content (AvgIpc) is 1.93. The van der Waals surface area contributed by atoms with Crippen LogP contribution in [-0.2, 0) is 10.1 Å². The van der Waals surface area contributed by atoms with Crippen LogP contribution in [0.4, 0.5) is 0 Å². The van der Waals surface area contributed by atoms with Crippen molar-refractivity contribution in [3.8, 4) is 5.75 Å². The first kappa shape index (κ1) is 10.3. The molecular formula is C7H8ClNO3S. The predicted molar refractivity (Wildman–Crippen MR) is 49.5 cm³/mol. The molecule has 1 heterocycles. The molecule has 72 valence electrons. The summed E-state index contributed by atoms with van der Waals surface area (Å²) >= 11 is 5.64. The van der Waals surface area contributed by atoms with Crippen LogP contribution < -0.4 is 4.18 Å². The van der Waals surface area contributed by atoms with Gasteiger partial charge in [0.05, 0.1) is 6.26 Å². The van der Waals surface area contributed by atoms with Crippen molar-refractivity contribution >= 4 is 21.7 Å². The fourth-order valence-electron chi connectivity index (χ4n) is 0.737. The zero-order valence-corrected chi connectivity index (χ0v) is 8.69. The molecule has 0 bridgehead atoms. The van der Waals surface area contributed by atoms with E-state index in [0.717, 1.165) is 6.26 Å². The molecule has 1 rings (SSSR count). The minimum atomic E-state index is -3.54. The highest BCUT2D eigenvalue weighted by molar-refractivity contribution is 7.86. The van der Waals surface area contributed by atoms with Gasteiger partial charge >= 0.3 is 10.1 Å². The Hall–Kier alpha value is -0.810. The number of nitrogens with zero attached hydrogens (tertiary/aromatic N) is 1. The van der Waals surface area contributed by atoms with Gasteiger partial charge in [-0.3, -0.25) is 0 Å². The molecule has 0 unspecified atom stereocenters. The Balaban J connectivity index is 3.04. The minimum absolute atomic E-state index is 0.0467. The molecule has 0 aromatic carbocycles. The summed E-state index contributed by atoms with van der Waals surface area (Å²) in [6.45, 7) is 1.75. The third-order valence-corrected chi connectivity index (χ3v) is 1.95. The molecule has 0 amide bonds. The summed E-state index contributed by atoms with van der Waals surface area (Å²) in [5, 5.41) is 0.0467. The molecule has 1 aromatic heterocycles. The minimum Gasteiger partial charge on any atom is -0.379 e. The third-order valence-electron chi connectivity index (χ3n) is 1.19. The first-order valence-corrected chi connectivity index (χ1v) is 5.60. The first-order chi connectivity index (χ1) is 5.88. The highest BCUT2D eigenvalue weighted by atomic mass is 35.5. The lowest BCUT2D eigenvalue weighted by molar-refractivity contribution is 0.491. The normalized spacial score (nSPS) is 11.3. The predicted octanol–water partition coefficient (Wildman–Crippen LogP) is 1.38. The Bertz CT molecular complexity index is 416. The van der Waals surface area contributed by atoms with Gasteiger partial charge < -0.3 is 4.18 Å². The zero-order valence-electron chi connectivity index (χ0n) is 7.11. The Morgan fingerprint density at radius 2 is 2.08 bits per heavy atom. The molecule has 0 atom stereocenters. The number of hydrogen-bond acceptors (Lipinski definition) is 4. The highest BCUT2D eigenvalue weighted by Crippen LogP contribution is 2.22. The van der Waals surface area contributed by atoms with Gasteiger partial charge in [0.25, 0.3) is 0 Å². The molecule has 0 saturated heterocycles. The van der Waals surface area contributed by atoms with Crippen LogP contribution in [-0.4, -0.2) is 19.7 Å². The number of aromatic nitrogens is 1. The zero-order chi connectivity index (χ0) is 10.1. The van der Waals surface area contributed by atoms with Crippen LogP contribution in [0.15, 0.2) is 12.1 Å². The van der Waals surface area contributed by atoms with Crippen LogP contribution in [0, 0.1) is 6.92 Å². The fraction of sp³-hybridized carbons (Fsp3) is 0.286. The lowest BCUT2D eigenvalue weighted by Crippen LogP contribution is -2.06. The number of hydrogen-bond donors (Lipinski definition) is 0. The van der Waals surface area contributed by atoms with Gasteiger partial charge in [-0.05, 0) is 19.1 Å². The van der Waals surface area contributed by atoms with Crippen LogP contribution in [0.5, 0.6) is 5.75 Å². The van der Waals surface area contributed by atoms with Crippen molar-refractivity contribution in [2.75, 3.05) is 6.26 Å². The topological polar surface area (TPSA) is 56.3 Å². The molecule has 0 aliphatic heterocycles. The van der Waals surface area contributed by atoms with Crippen LogP contribution in [0.2, 0.25) is 5.15 Å². The second kappa shape index (κ2) is 3.51. The van der Waals surface area contributed by atoms with Gasteiger partial charge in [-0.25, -0.2) is 4.98 Å². The van der Waals surface area contributed by atoms with Gasteiger partial charge in [0.1, 0.15) is 0 Å². The molecule has 0 fully saturated rings. The van der Waals surface area contributed by atoms with Gasteiger partial charge in [-0.1, -0.05) is 11.6 Å². The van der Waals surface area contributed by atoms with Crippen LogP contribution in [0.1, 0.15) is 5.69 Å². The molecule has 0 aliphatic rings. The lowest BCUT2D eigenvalue weighted by atomic mass is 10.4. The molecule has 0 N–H and O–H groups in total. The smallest absolute Gasteiger partial charge is 0.306 e. The summed E-state index contributed by atoms with van der Waals surface area (Å²) in [5.74, 6) is 0.0507. The maximum Gasteiger partial charge on any atom is 0.306 e. The summed E-state index contributed by atoms with van der Waals surface area (Å²) in [4.78, 5) is 3.83. The van der Waals surface area contributed by atoms with Gasteiger partial charge in [-0.15, -0.1) is 0 Å². The maximum atomic E-state index is 10.7. The molecule has 0 saturated carbocycles. The van der Waals surface area contributed by atoms with Crippen LogP contribution in [0.25, 0.3) is 0 Å². The number of rotatable bonds is 2. The van der Waals surface area contributed by atoms with E-state index in [0.29, 0.717) is 5.69 Å². The van der Waals surface area contributed by atoms with E-state index in [1.807, 2.05) is 0 Å². The molecule has 13 heavy (non-hydrogen) atoms. The largest absolute Gasteiger partial charge is 0.379 e. The Morgan fingerprint density at radius 3 is 2.54 bits per heavy atom. The standard InChI is InChI=1S/C7H8ClNO3S/c1-5-3-4-6(7(8)9-5)12-13(2,10)11/h3-4H,1-2H3. The van der Waals surface area contributed by atoms with Crippen molar-refractivity contribution in [3.05, 3.63) is 23.0 Å². The summed E-state index contributed by atoms with van der Waals surface area (Å²) in [5.41, 5.74) is 0.700. The Morgan fingerprint density at radius 1 is 1.46 bits per heavy atom. The van der Waals surface area contributed by atoms with E-state index < -0.39 is 10.1 Å². The number of halogens is 1. The van der Waals surface area contributed by atoms with E-state index in [2.05, 4.69) is 9.17 Å². The highest BCUT2D eigenvalue weighted by Gasteiger charge is 2.09. The SMILES string of the molecule is Cc1ccc(OS(C)(=O)=O)c(Cl)n1. The van der Waals surface area contributed by atoms with Crippen molar-refractivity contribution in [3.63, 3.8) is 0 Å². The van der Waals surface area contributed by atoms with E-state index in [4.69, 9.17) is 11.6 Å². The second-order valence-corrected chi connectivity index (χ2v) is 4.46. The van der Waals surface area contributed by atoms with Crippen molar-refractivity contribution in [2.24, 2.45) is 0 Å². The number of pyridine rings is 1. The Kier molecular flexibility index (Phi) is 2.77. The van der Waals surface area contributed by atoms with Crippen molar-refractivity contribution in [2.45, 2.75) is 6.92 Å². The summed E-state index contributed by atoms with van der Waals surface area (Å²) in [7, 11) is -3.54. The van der Waals surface area contributed by atoms with Gasteiger partial charge in [-0.2, -0.15) is 8.42 Å². The van der Waals surface area contributed by atoms with E-state index in [-0.39, 0.29) is 10.9 Å². The fourth-order valence-corrected chi connectivity index (χ4v) is 1.48. The van der Waals surface area contributed by atoms with Crippen molar-refractivity contribution in [1.29, 1.82) is 0 Å². The van der Waals surface area contributed by atoms with E-state index in [1.165, 1.54) is 6.07 Å².